The van der Waals surface area contributed by atoms with E-state index >= 15 is 0 Å². The van der Waals surface area contributed by atoms with E-state index in [0.29, 0.717) is 17.8 Å². The van der Waals surface area contributed by atoms with Gasteiger partial charge < -0.3 is 5.73 Å². The average Bonchev–Trinajstić information content (AvgIpc) is 2.87. The van der Waals surface area contributed by atoms with E-state index in [4.69, 9.17) is 5.73 Å². The van der Waals surface area contributed by atoms with E-state index < -0.39 is 10.0 Å². The highest BCUT2D eigenvalue weighted by Gasteiger charge is 2.26. The number of rotatable bonds is 4. The molecule has 0 atom stereocenters. The Bertz CT molecular complexity index is 707. The molecule has 0 fully saturated rings. The summed E-state index contributed by atoms with van der Waals surface area (Å²) in [5, 5.41) is 3.88. The van der Waals surface area contributed by atoms with E-state index in [2.05, 4.69) is 0 Å². The van der Waals surface area contributed by atoms with Crippen LogP contribution in [0.3, 0.4) is 0 Å². The van der Waals surface area contributed by atoms with Crippen LogP contribution in [0.1, 0.15) is 16.7 Å². The number of anilines is 1. The van der Waals surface area contributed by atoms with Crippen molar-refractivity contribution in [3.8, 4) is 0 Å². The molecule has 0 aliphatic carbocycles. The molecule has 0 spiro atoms. The first kappa shape index (κ1) is 15.0. The number of aryl methyl sites for hydroxylation is 2. The molecular weight excluding hydrogens is 292 g/mol. The largest absolute Gasteiger partial charge is 0.397 e. The maximum absolute atomic E-state index is 12.7. The van der Waals surface area contributed by atoms with Crippen molar-refractivity contribution in [1.82, 2.24) is 4.31 Å². The van der Waals surface area contributed by atoms with Gasteiger partial charge in [-0.05, 0) is 47.4 Å². The summed E-state index contributed by atoms with van der Waals surface area (Å²) in [6.07, 6.45) is 0. The quantitative estimate of drug-likeness (QED) is 0.883. The number of benzene rings is 1. The van der Waals surface area contributed by atoms with Gasteiger partial charge in [0.1, 0.15) is 4.90 Å². The summed E-state index contributed by atoms with van der Waals surface area (Å²) in [6, 6.07) is 5.54. The molecule has 0 aliphatic rings. The topological polar surface area (TPSA) is 63.4 Å². The minimum atomic E-state index is -3.59. The second kappa shape index (κ2) is 5.55. The second-order valence-electron chi connectivity index (χ2n) is 4.83. The molecule has 2 rings (SSSR count). The fourth-order valence-corrected chi connectivity index (χ4v) is 4.23. The van der Waals surface area contributed by atoms with Crippen LogP contribution in [0.2, 0.25) is 0 Å². The number of nitrogens with two attached hydrogens (primary N) is 1. The summed E-state index contributed by atoms with van der Waals surface area (Å²) in [6.45, 7) is 3.92. The van der Waals surface area contributed by atoms with Gasteiger partial charge in [0.15, 0.2) is 0 Å². The smallest absolute Gasteiger partial charge is 0.245 e. The Kier molecular flexibility index (Phi) is 4.17. The van der Waals surface area contributed by atoms with Crippen molar-refractivity contribution < 1.29 is 8.42 Å². The Morgan fingerprint density at radius 1 is 1.20 bits per heavy atom. The molecule has 0 saturated carbocycles. The highest BCUT2D eigenvalue weighted by Crippen LogP contribution is 2.29. The fourth-order valence-electron chi connectivity index (χ4n) is 2.03. The predicted molar refractivity (Wildman–Crippen MR) is 83.3 cm³/mol. The highest BCUT2D eigenvalue weighted by molar-refractivity contribution is 7.89. The SMILES string of the molecule is Cc1ccc(C)c(S(=O)(=O)N(C)Cc2ccsc2)c1N. The van der Waals surface area contributed by atoms with Gasteiger partial charge in [0, 0.05) is 13.6 Å². The third-order valence-electron chi connectivity index (χ3n) is 3.26. The number of hydrogen-bond acceptors (Lipinski definition) is 4. The number of thiophene rings is 1. The van der Waals surface area contributed by atoms with Gasteiger partial charge in [-0.1, -0.05) is 12.1 Å². The third kappa shape index (κ3) is 2.72. The van der Waals surface area contributed by atoms with Crippen LogP contribution in [0.25, 0.3) is 0 Å². The molecule has 0 saturated heterocycles. The maximum Gasteiger partial charge on any atom is 0.245 e. The number of nitrogen functional groups attached to an aromatic ring is 1. The first-order valence-corrected chi connectivity index (χ1v) is 8.55. The standard InChI is InChI=1S/C14H18N2O2S2/c1-10-4-5-11(2)14(13(10)15)20(17,18)16(3)8-12-6-7-19-9-12/h4-7,9H,8,15H2,1-3H3. The van der Waals surface area contributed by atoms with Crippen molar-refractivity contribution in [3.05, 3.63) is 45.6 Å². The van der Waals surface area contributed by atoms with E-state index in [0.717, 1.165) is 11.1 Å². The molecule has 1 heterocycles. The summed E-state index contributed by atoms with van der Waals surface area (Å²) in [5.74, 6) is 0. The Labute approximate surface area is 123 Å². The van der Waals surface area contributed by atoms with Crippen molar-refractivity contribution in [2.24, 2.45) is 0 Å². The summed E-state index contributed by atoms with van der Waals surface area (Å²) in [4.78, 5) is 0.218. The van der Waals surface area contributed by atoms with E-state index in [1.54, 1.807) is 31.4 Å². The number of sulfonamides is 1. The minimum Gasteiger partial charge on any atom is -0.397 e. The van der Waals surface area contributed by atoms with Gasteiger partial charge in [0.25, 0.3) is 0 Å². The zero-order valence-corrected chi connectivity index (χ0v) is 13.4. The van der Waals surface area contributed by atoms with Gasteiger partial charge in [-0.25, -0.2) is 8.42 Å². The Balaban J connectivity index is 2.42. The van der Waals surface area contributed by atoms with Crippen LogP contribution >= 0.6 is 11.3 Å². The molecule has 4 nitrogen and oxygen atoms in total. The Hall–Kier alpha value is -1.37. The third-order valence-corrected chi connectivity index (χ3v) is 6.00. The highest BCUT2D eigenvalue weighted by atomic mass is 32.2. The molecule has 2 aromatic rings. The van der Waals surface area contributed by atoms with Crippen LogP contribution in [0.15, 0.2) is 33.9 Å². The maximum atomic E-state index is 12.7. The Morgan fingerprint density at radius 2 is 1.85 bits per heavy atom. The number of hydrogen-bond donors (Lipinski definition) is 1. The first-order valence-electron chi connectivity index (χ1n) is 6.17. The van der Waals surface area contributed by atoms with Crippen molar-refractivity contribution >= 4 is 27.0 Å². The molecule has 6 heteroatoms. The normalized spacial score (nSPS) is 12.0. The molecule has 2 N–H and O–H groups in total. The second-order valence-corrected chi connectivity index (χ2v) is 7.60. The summed E-state index contributed by atoms with van der Waals surface area (Å²) in [7, 11) is -2.01. The molecular formula is C14H18N2O2S2. The summed E-state index contributed by atoms with van der Waals surface area (Å²) in [5.41, 5.74) is 8.74. The van der Waals surface area contributed by atoms with Crippen LogP contribution in [-0.4, -0.2) is 19.8 Å². The van der Waals surface area contributed by atoms with Crippen LogP contribution in [0, 0.1) is 13.8 Å². The van der Waals surface area contributed by atoms with Gasteiger partial charge in [-0.2, -0.15) is 15.6 Å². The molecule has 0 bridgehead atoms. The van der Waals surface area contributed by atoms with Gasteiger partial charge in [0.05, 0.1) is 5.69 Å². The lowest BCUT2D eigenvalue weighted by molar-refractivity contribution is 0.467. The van der Waals surface area contributed by atoms with E-state index in [9.17, 15) is 8.42 Å². The molecule has 108 valence electrons. The predicted octanol–water partition coefficient (Wildman–Crippen LogP) is 2.77. The van der Waals surface area contributed by atoms with Crippen LogP contribution in [0.5, 0.6) is 0 Å². The van der Waals surface area contributed by atoms with Crippen molar-refractivity contribution in [2.75, 3.05) is 12.8 Å². The Morgan fingerprint density at radius 3 is 2.45 bits per heavy atom. The zero-order valence-electron chi connectivity index (χ0n) is 11.8. The van der Waals surface area contributed by atoms with Crippen molar-refractivity contribution in [2.45, 2.75) is 25.3 Å². The average molecular weight is 310 g/mol. The van der Waals surface area contributed by atoms with E-state index in [1.165, 1.54) is 4.31 Å². The first-order chi connectivity index (χ1) is 9.34. The van der Waals surface area contributed by atoms with E-state index in [1.807, 2.05) is 29.8 Å². The van der Waals surface area contributed by atoms with Crippen molar-refractivity contribution in [1.29, 1.82) is 0 Å². The van der Waals surface area contributed by atoms with E-state index in [-0.39, 0.29) is 4.90 Å². The lowest BCUT2D eigenvalue weighted by atomic mass is 10.1. The van der Waals surface area contributed by atoms with Gasteiger partial charge in [-0.3, -0.25) is 0 Å². The molecule has 20 heavy (non-hydrogen) atoms. The van der Waals surface area contributed by atoms with Crippen LogP contribution < -0.4 is 5.73 Å². The summed E-state index contributed by atoms with van der Waals surface area (Å²) < 4.78 is 26.7. The molecule has 0 radical (unpaired) electrons. The van der Waals surface area contributed by atoms with Gasteiger partial charge in [0.2, 0.25) is 10.0 Å². The molecule has 1 aromatic carbocycles. The minimum absolute atomic E-state index is 0.218. The lowest BCUT2D eigenvalue weighted by Crippen LogP contribution is -2.28. The van der Waals surface area contributed by atoms with Gasteiger partial charge >= 0.3 is 0 Å². The van der Waals surface area contributed by atoms with Gasteiger partial charge in [-0.15, -0.1) is 0 Å². The van der Waals surface area contributed by atoms with Crippen LogP contribution in [0.4, 0.5) is 5.69 Å². The molecule has 0 aliphatic heterocycles. The number of nitrogens with zero attached hydrogens (tertiary/aromatic N) is 1. The molecule has 0 unspecified atom stereocenters. The summed E-state index contributed by atoms with van der Waals surface area (Å²) >= 11 is 1.55. The zero-order chi connectivity index (χ0) is 14.9. The molecule has 0 amide bonds. The monoisotopic (exact) mass is 310 g/mol. The van der Waals surface area contributed by atoms with Crippen molar-refractivity contribution in [3.63, 3.8) is 0 Å². The fraction of sp³-hybridized carbons (Fsp3) is 0.286. The lowest BCUT2D eigenvalue weighted by Gasteiger charge is -2.20. The van der Waals surface area contributed by atoms with Crippen LogP contribution in [-0.2, 0) is 16.6 Å². The molecule has 1 aromatic heterocycles.